The van der Waals surface area contributed by atoms with Crippen molar-refractivity contribution in [2.45, 2.75) is 26.2 Å². The number of aliphatic imine (C=N–C) groups is 1. The van der Waals surface area contributed by atoms with Crippen molar-refractivity contribution < 1.29 is 18.0 Å². The minimum Gasteiger partial charge on any atom is -0.357 e. The molecule has 0 aliphatic heterocycles. The van der Waals surface area contributed by atoms with Gasteiger partial charge in [-0.15, -0.1) is 11.3 Å². The van der Waals surface area contributed by atoms with Crippen molar-refractivity contribution >= 4 is 23.2 Å². The molecule has 0 aliphatic carbocycles. The molecule has 0 spiro atoms. The number of rotatable bonds is 7. The summed E-state index contributed by atoms with van der Waals surface area (Å²) in [5, 5.41) is 9.81. The van der Waals surface area contributed by atoms with Gasteiger partial charge >= 0.3 is 6.18 Å². The van der Waals surface area contributed by atoms with Crippen molar-refractivity contribution in [2.75, 3.05) is 13.1 Å². The van der Waals surface area contributed by atoms with Gasteiger partial charge in [-0.25, -0.2) is 9.98 Å². The number of nitrogens with zero attached hydrogens (tertiary/aromatic N) is 2. The Hall–Kier alpha value is -2.62. The molecule has 0 radical (unpaired) electrons. The first-order valence-corrected chi connectivity index (χ1v) is 9.11. The van der Waals surface area contributed by atoms with E-state index in [2.05, 4.69) is 25.9 Å². The highest BCUT2D eigenvalue weighted by Crippen LogP contribution is 2.29. The molecule has 0 saturated carbocycles. The average Bonchev–Trinajstić information content (AvgIpc) is 3.12. The second-order valence-electron chi connectivity index (χ2n) is 5.44. The normalized spacial score (nSPS) is 11.9. The van der Waals surface area contributed by atoms with Gasteiger partial charge in [0.15, 0.2) is 11.7 Å². The van der Waals surface area contributed by atoms with Crippen LogP contribution in [-0.4, -0.2) is 29.9 Å². The Morgan fingerprint density at radius 2 is 1.89 bits per heavy atom. The van der Waals surface area contributed by atoms with Crippen LogP contribution in [0.25, 0.3) is 0 Å². The number of carbonyl (C=O) groups excluding carboxylic acids is 1. The predicted molar refractivity (Wildman–Crippen MR) is 98.2 cm³/mol. The molecule has 6 nitrogen and oxygen atoms in total. The molecule has 146 valence electrons. The summed E-state index contributed by atoms with van der Waals surface area (Å²) in [4.78, 5) is 19.6. The van der Waals surface area contributed by atoms with Crippen LogP contribution >= 0.6 is 11.3 Å². The molecule has 0 saturated heterocycles. The highest BCUT2D eigenvalue weighted by Gasteiger charge is 2.33. The van der Waals surface area contributed by atoms with Crippen molar-refractivity contribution in [2.24, 2.45) is 4.99 Å². The molecule has 1 aromatic carbocycles. The van der Waals surface area contributed by atoms with E-state index in [4.69, 9.17) is 0 Å². The van der Waals surface area contributed by atoms with E-state index in [9.17, 15) is 18.0 Å². The van der Waals surface area contributed by atoms with Crippen molar-refractivity contribution in [3.05, 3.63) is 52.0 Å². The van der Waals surface area contributed by atoms with Gasteiger partial charge in [-0.2, -0.15) is 13.2 Å². The van der Waals surface area contributed by atoms with Crippen LogP contribution in [0.1, 0.15) is 23.2 Å². The van der Waals surface area contributed by atoms with E-state index in [-0.39, 0.29) is 24.0 Å². The highest BCUT2D eigenvalue weighted by atomic mass is 32.1. The Bertz CT molecular complexity index is 761. The highest BCUT2D eigenvalue weighted by molar-refractivity contribution is 7.09. The first-order chi connectivity index (χ1) is 12.9. The van der Waals surface area contributed by atoms with Crippen LogP contribution < -0.4 is 16.0 Å². The fraction of sp³-hybridized carbons (Fsp3) is 0.353. The van der Waals surface area contributed by atoms with Crippen LogP contribution in [0, 0.1) is 0 Å². The predicted octanol–water partition coefficient (Wildman–Crippen LogP) is 2.53. The zero-order chi connectivity index (χ0) is 19.7. The molecule has 0 fully saturated rings. The van der Waals surface area contributed by atoms with E-state index in [1.165, 1.54) is 0 Å². The topological polar surface area (TPSA) is 78.4 Å². The van der Waals surface area contributed by atoms with E-state index >= 15 is 0 Å². The van der Waals surface area contributed by atoms with Crippen molar-refractivity contribution in [1.29, 1.82) is 0 Å². The minimum atomic E-state index is -4.45. The van der Waals surface area contributed by atoms with Crippen molar-refractivity contribution in [3.63, 3.8) is 0 Å². The molecule has 3 N–H and O–H groups in total. The van der Waals surface area contributed by atoms with E-state index in [0.717, 1.165) is 22.3 Å². The molecule has 27 heavy (non-hydrogen) atoms. The van der Waals surface area contributed by atoms with E-state index in [0.29, 0.717) is 19.0 Å². The lowest BCUT2D eigenvalue weighted by molar-refractivity contribution is -0.140. The number of alkyl halides is 3. The van der Waals surface area contributed by atoms with E-state index in [1.54, 1.807) is 0 Å². The fourth-order valence-corrected chi connectivity index (χ4v) is 2.77. The smallest absolute Gasteiger partial charge is 0.357 e. The third kappa shape index (κ3) is 7.26. The van der Waals surface area contributed by atoms with Crippen LogP contribution in [0.15, 0.2) is 40.7 Å². The number of amides is 1. The number of halogens is 3. The maximum absolute atomic E-state index is 12.6. The van der Waals surface area contributed by atoms with Gasteiger partial charge in [0.05, 0.1) is 6.54 Å². The van der Waals surface area contributed by atoms with Gasteiger partial charge in [-0.1, -0.05) is 30.3 Å². The molecule has 1 aromatic heterocycles. The number of aromatic nitrogens is 1. The van der Waals surface area contributed by atoms with E-state index in [1.807, 2.05) is 37.3 Å². The number of benzene rings is 1. The SMILES string of the molecule is CCNC(=NCC(=O)NCc1ccccc1)NCc1nc(C(F)(F)F)cs1. The van der Waals surface area contributed by atoms with Gasteiger partial charge in [0, 0.05) is 18.5 Å². The molecule has 1 amide bonds. The molecule has 0 aliphatic rings. The maximum Gasteiger partial charge on any atom is 0.434 e. The van der Waals surface area contributed by atoms with E-state index < -0.39 is 11.9 Å². The summed E-state index contributed by atoms with van der Waals surface area (Å²) in [7, 11) is 0. The summed E-state index contributed by atoms with van der Waals surface area (Å²) in [6, 6.07) is 9.46. The van der Waals surface area contributed by atoms with Gasteiger partial charge in [0.1, 0.15) is 11.6 Å². The van der Waals surface area contributed by atoms with Crippen LogP contribution in [-0.2, 0) is 24.1 Å². The summed E-state index contributed by atoms with van der Waals surface area (Å²) in [6.07, 6.45) is -4.45. The zero-order valence-corrected chi connectivity index (χ0v) is 15.5. The van der Waals surface area contributed by atoms with Crippen LogP contribution in [0.4, 0.5) is 13.2 Å². The third-order valence-electron chi connectivity index (χ3n) is 3.31. The Kier molecular flexibility index (Phi) is 7.59. The Balaban J connectivity index is 1.84. The fourth-order valence-electron chi connectivity index (χ4n) is 2.03. The summed E-state index contributed by atoms with van der Waals surface area (Å²) >= 11 is 0.911. The Morgan fingerprint density at radius 1 is 1.15 bits per heavy atom. The summed E-state index contributed by atoms with van der Waals surface area (Å²) in [5.74, 6) is 0.0702. The largest absolute Gasteiger partial charge is 0.434 e. The molecule has 0 unspecified atom stereocenters. The number of guanidine groups is 1. The lowest BCUT2D eigenvalue weighted by Gasteiger charge is -2.10. The molecular formula is C17H20F3N5OS. The molecule has 0 bridgehead atoms. The van der Waals surface area contributed by atoms with Crippen LogP contribution in [0.5, 0.6) is 0 Å². The van der Waals surface area contributed by atoms with Crippen LogP contribution in [0.2, 0.25) is 0 Å². The Labute approximate surface area is 158 Å². The lowest BCUT2D eigenvalue weighted by Crippen LogP contribution is -2.38. The summed E-state index contributed by atoms with van der Waals surface area (Å²) in [5.41, 5.74) is 0.0654. The first-order valence-electron chi connectivity index (χ1n) is 8.23. The summed E-state index contributed by atoms with van der Waals surface area (Å²) < 4.78 is 37.7. The first kappa shape index (κ1) is 20.7. The van der Waals surface area contributed by atoms with Gasteiger partial charge < -0.3 is 16.0 Å². The van der Waals surface area contributed by atoms with Crippen molar-refractivity contribution in [1.82, 2.24) is 20.9 Å². The molecule has 1 heterocycles. The van der Waals surface area contributed by atoms with Gasteiger partial charge in [0.2, 0.25) is 5.91 Å². The number of hydrogen-bond acceptors (Lipinski definition) is 4. The number of thiazole rings is 1. The Morgan fingerprint density at radius 3 is 2.52 bits per heavy atom. The summed E-state index contributed by atoms with van der Waals surface area (Å²) in [6.45, 7) is 2.77. The second-order valence-corrected chi connectivity index (χ2v) is 6.38. The molecule has 10 heteroatoms. The quantitative estimate of drug-likeness (QED) is 0.494. The standard InChI is InChI=1S/C17H20F3N5OS/c1-2-21-16(24-10-15-25-13(11-27-15)17(18,19)20)23-9-14(26)22-8-12-6-4-3-5-7-12/h3-7,11H,2,8-10H2,1H3,(H,22,26)(H2,21,23,24). The lowest BCUT2D eigenvalue weighted by atomic mass is 10.2. The van der Waals surface area contributed by atoms with Crippen molar-refractivity contribution in [3.8, 4) is 0 Å². The van der Waals surface area contributed by atoms with Gasteiger partial charge in [0.25, 0.3) is 0 Å². The van der Waals surface area contributed by atoms with Gasteiger partial charge in [-0.05, 0) is 12.5 Å². The third-order valence-corrected chi connectivity index (χ3v) is 4.16. The van der Waals surface area contributed by atoms with Crippen LogP contribution in [0.3, 0.4) is 0 Å². The molecule has 2 aromatic rings. The number of carbonyl (C=O) groups is 1. The molecule has 0 atom stereocenters. The molecule has 2 rings (SSSR count). The second kappa shape index (κ2) is 9.91. The number of hydrogen-bond donors (Lipinski definition) is 3. The monoisotopic (exact) mass is 399 g/mol. The average molecular weight is 399 g/mol. The maximum atomic E-state index is 12.6. The zero-order valence-electron chi connectivity index (χ0n) is 14.6. The van der Waals surface area contributed by atoms with Gasteiger partial charge in [-0.3, -0.25) is 4.79 Å². The minimum absolute atomic E-state index is 0.0816. The number of nitrogens with one attached hydrogen (secondary N) is 3. The molecular weight excluding hydrogens is 379 g/mol.